The number of nitrogens with zero attached hydrogens (tertiary/aromatic N) is 3. The maximum Gasteiger partial charge on any atom is 0.268 e. The van der Waals surface area contributed by atoms with E-state index in [9.17, 15) is 13.5 Å². The molecule has 0 aliphatic heterocycles. The summed E-state index contributed by atoms with van der Waals surface area (Å²) >= 11 is 12.5. The molecule has 40 heavy (non-hydrogen) atoms. The van der Waals surface area contributed by atoms with Gasteiger partial charge in [-0.05, 0) is 65.2 Å². The Bertz CT molecular complexity index is 1970. The molecule has 0 bridgehead atoms. The Hall–Kier alpha value is -3.88. The Morgan fingerprint density at radius 1 is 0.825 bits per heavy atom. The standard InChI is InChI=1S/C31H23Cl2N3O3S/c1-35-20-34-18-30(35)31(37,22-10-13-24(32)14-11-22)23-12-15-29-27(17-23)28(21-6-5-7-25(33)16-21)19-36(29)40(38,39)26-8-3-2-4-9-26/h2-20,37H,1H3. The van der Waals surface area contributed by atoms with Crippen molar-refractivity contribution in [3.05, 3.63) is 143 Å². The summed E-state index contributed by atoms with van der Waals surface area (Å²) in [6.45, 7) is 0. The summed E-state index contributed by atoms with van der Waals surface area (Å²) < 4.78 is 30.6. The summed E-state index contributed by atoms with van der Waals surface area (Å²) in [4.78, 5) is 4.41. The molecular weight excluding hydrogens is 565 g/mol. The van der Waals surface area contributed by atoms with Crippen LogP contribution in [0.15, 0.2) is 121 Å². The molecule has 9 heteroatoms. The van der Waals surface area contributed by atoms with Crippen LogP contribution in [0.3, 0.4) is 0 Å². The molecule has 0 fully saturated rings. The van der Waals surface area contributed by atoms with Crippen LogP contribution in [-0.4, -0.2) is 27.0 Å². The summed E-state index contributed by atoms with van der Waals surface area (Å²) in [7, 11) is -2.12. The first-order valence-corrected chi connectivity index (χ1v) is 14.6. The number of fused-ring (bicyclic) bond motifs is 1. The summed E-state index contributed by atoms with van der Waals surface area (Å²) in [5.41, 5.74) is 1.90. The van der Waals surface area contributed by atoms with E-state index in [1.54, 1.807) is 102 Å². The Morgan fingerprint density at radius 3 is 2.23 bits per heavy atom. The number of aliphatic hydroxyl groups is 1. The SMILES string of the molecule is Cn1cncc1C(O)(c1ccc(Cl)cc1)c1ccc2c(c1)c(-c1cccc(Cl)c1)cn2S(=O)(=O)c1ccccc1. The molecule has 0 saturated carbocycles. The predicted octanol–water partition coefficient (Wildman–Crippen LogP) is 6.87. The van der Waals surface area contributed by atoms with Crippen molar-refractivity contribution in [3.8, 4) is 11.1 Å². The van der Waals surface area contributed by atoms with Gasteiger partial charge in [0.25, 0.3) is 10.0 Å². The van der Waals surface area contributed by atoms with E-state index in [-0.39, 0.29) is 4.90 Å². The highest BCUT2D eigenvalue weighted by Gasteiger charge is 2.37. The Morgan fingerprint density at radius 2 is 1.55 bits per heavy atom. The lowest BCUT2D eigenvalue weighted by atomic mass is 9.83. The van der Waals surface area contributed by atoms with Gasteiger partial charge in [-0.1, -0.05) is 71.7 Å². The first kappa shape index (κ1) is 26.3. The zero-order chi connectivity index (χ0) is 28.1. The van der Waals surface area contributed by atoms with Gasteiger partial charge in [0.15, 0.2) is 5.60 Å². The largest absolute Gasteiger partial charge is 0.374 e. The third-order valence-corrected chi connectivity index (χ3v) is 9.25. The normalized spacial score (nSPS) is 13.4. The zero-order valence-corrected chi connectivity index (χ0v) is 23.6. The lowest BCUT2D eigenvalue weighted by Gasteiger charge is -2.30. The van der Waals surface area contributed by atoms with Crippen molar-refractivity contribution < 1.29 is 13.5 Å². The Balaban J connectivity index is 1.66. The van der Waals surface area contributed by atoms with Crippen LogP contribution >= 0.6 is 23.2 Å². The second-order valence-corrected chi connectivity index (χ2v) is 12.2. The minimum absolute atomic E-state index is 0.168. The number of aromatic nitrogens is 3. The van der Waals surface area contributed by atoms with Crippen LogP contribution in [0.1, 0.15) is 16.8 Å². The van der Waals surface area contributed by atoms with Gasteiger partial charge in [-0.2, -0.15) is 0 Å². The first-order valence-electron chi connectivity index (χ1n) is 12.4. The number of halogens is 2. The van der Waals surface area contributed by atoms with E-state index in [0.29, 0.717) is 43.3 Å². The number of hydrogen-bond acceptors (Lipinski definition) is 4. The molecule has 1 unspecified atom stereocenters. The van der Waals surface area contributed by atoms with Crippen LogP contribution in [0.2, 0.25) is 10.0 Å². The molecule has 200 valence electrons. The molecule has 0 aliphatic rings. The van der Waals surface area contributed by atoms with Crippen molar-refractivity contribution >= 4 is 44.1 Å². The van der Waals surface area contributed by atoms with Gasteiger partial charge in [-0.3, -0.25) is 0 Å². The lowest BCUT2D eigenvalue weighted by molar-refractivity contribution is 0.117. The molecule has 4 aromatic carbocycles. The molecule has 0 spiro atoms. The minimum atomic E-state index is -3.93. The van der Waals surface area contributed by atoms with E-state index in [0.717, 1.165) is 5.56 Å². The average molecular weight is 589 g/mol. The highest BCUT2D eigenvalue weighted by Crippen LogP contribution is 2.41. The van der Waals surface area contributed by atoms with Crippen LogP contribution < -0.4 is 0 Å². The van der Waals surface area contributed by atoms with Crippen LogP contribution in [-0.2, 0) is 22.7 Å². The van der Waals surface area contributed by atoms with E-state index in [4.69, 9.17) is 23.2 Å². The maximum absolute atomic E-state index is 13.8. The van der Waals surface area contributed by atoms with E-state index in [2.05, 4.69) is 4.98 Å². The topological polar surface area (TPSA) is 77.1 Å². The quantitative estimate of drug-likeness (QED) is 0.231. The highest BCUT2D eigenvalue weighted by atomic mass is 35.5. The fraction of sp³-hybridized carbons (Fsp3) is 0.0645. The minimum Gasteiger partial charge on any atom is -0.374 e. The molecule has 0 aliphatic carbocycles. The van der Waals surface area contributed by atoms with E-state index in [1.165, 1.54) is 3.97 Å². The third-order valence-electron chi connectivity index (χ3n) is 7.07. The van der Waals surface area contributed by atoms with Gasteiger partial charge in [-0.25, -0.2) is 17.4 Å². The molecule has 6 rings (SSSR count). The van der Waals surface area contributed by atoms with E-state index >= 15 is 0 Å². The van der Waals surface area contributed by atoms with E-state index in [1.807, 2.05) is 25.2 Å². The summed E-state index contributed by atoms with van der Waals surface area (Å²) in [5, 5.41) is 14.1. The molecule has 0 radical (unpaired) electrons. The van der Waals surface area contributed by atoms with Crippen molar-refractivity contribution in [2.75, 3.05) is 0 Å². The molecule has 0 saturated heterocycles. The Kier molecular flexibility index (Phi) is 6.55. The fourth-order valence-electron chi connectivity index (χ4n) is 5.08. The van der Waals surface area contributed by atoms with E-state index < -0.39 is 15.6 Å². The molecule has 6 aromatic rings. The summed E-state index contributed by atoms with van der Waals surface area (Å²) in [6.07, 6.45) is 4.84. The molecule has 1 atom stereocenters. The number of aryl methyl sites for hydroxylation is 1. The smallest absolute Gasteiger partial charge is 0.268 e. The second kappa shape index (κ2) is 9.94. The van der Waals surface area contributed by atoms with Crippen LogP contribution in [0.4, 0.5) is 0 Å². The third kappa shape index (κ3) is 4.32. The van der Waals surface area contributed by atoms with Crippen molar-refractivity contribution in [1.82, 2.24) is 13.5 Å². The number of hydrogen-bond donors (Lipinski definition) is 1. The fourth-order valence-corrected chi connectivity index (χ4v) is 6.78. The van der Waals surface area contributed by atoms with Crippen molar-refractivity contribution in [2.45, 2.75) is 10.5 Å². The molecule has 1 N–H and O–H groups in total. The van der Waals surface area contributed by atoms with Gasteiger partial charge in [-0.15, -0.1) is 0 Å². The summed E-state index contributed by atoms with van der Waals surface area (Å²) in [6, 6.07) is 27.8. The molecule has 0 amide bonds. The maximum atomic E-state index is 13.8. The van der Waals surface area contributed by atoms with Gasteiger partial charge >= 0.3 is 0 Å². The number of rotatable bonds is 6. The number of benzene rings is 4. The van der Waals surface area contributed by atoms with Gasteiger partial charge in [0, 0.05) is 34.2 Å². The van der Waals surface area contributed by atoms with Gasteiger partial charge in [0.05, 0.1) is 28.6 Å². The second-order valence-electron chi connectivity index (χ2n) is 9.51. The lowest BCUT2D eigenvalue weighted by Crippen LogP contribution is -2.31. The van der Waals surface area contributed by atoms with Crippen molar-refractivity contribution in [2.24, 2.45) is 7.05 Å². The van der Waals surface area contributed by atoms with Crippen molar-refractivity contribution in [1.29, 1.82) is 0 Å². The predicted molar refractivity (Wildman–Crippen MR) is 158 cm³/mol. The zero-order valence-electron chi connectivity index (χ0n) is 21.2. The average Bonchev–Trinajstić information content (AvgIpc) is 3.57. The first-order chi connectivity index (χ1) is 19.2. The van der Waals surface area contributed by atoms with Crippen LogP contribution in [0, 0.1) is 0 Å². The molecule has 2 heterocycles. The van der Waals surface area contributed by atoms with Gasteiger partial charge in [0.1, 0.15) is 0 Å². The number of imidazole rings is 1. The van der Waals surface area contributed by atoms with Gasteiger partial charge < -0.3 is 9.67 Å². The van der Waals surface area contributed by atoms with Crippen LogP contribution in [0.25, 0.3) is 22.0 Å². The molecular formula is C31H23Cl2N3O3S. The Labute approximate surface area is 241 Å². The highest BCUT2D eigenvalue weighted by molar-refractivity contribution is 7.90. The van der Waals surface area contributed by atoms with Crippen LogP contribution in [0.5, 0.6) is 0 Å². The van der Waals surface area contributed by atoms with Crippen molar-refractivity contribution in [3.63, 3.8) is 0 Å². The monoisotopic (exact) mass is 587 g/mol. The van der Waals surface area contributed by atoms with Gasteiger partial charge in [0.2, 0.25) is 0 Å². The molecule has 2 aromatic heterocycles. The summed E-state index contributed by atoms with van der Waals surface area (Å²) in [5.74, 6) is 0. The molecule has 6 nitrogen and oxygen atoms in total.